The fourth-order valence-corrected chi connectivity index (χ4v) is 1.95. The average Bonchev–Trinajstić information content (AvgIpc) is 2.90. The molecule has 0 aromatic carbocycles. The number of nitrogens with one attached hydrogen (secondary N) is 1. The minimum Gasteiger partial charge on any atom is -0.392 e. The van der Waals surface area contributed by atoms with Gasteiger partial charge in [0.1, 0.15) is 0 Å². The van der Waals surface area contributed by atoms with E-state index in [-0.39, 0.29) is 12.2 Å². The first kappa shape index (κ1) is 12.3. The van der Waals surface area contributed by atoms with E-state index >= 15 is 0 Å². The van der Waals surface area contributed by atoms with Crippen molar-refractivity contribution in [2.24, 2.45) is 0 Å². The van der Waals surface area contributed by atoms with Crippen molar-refractivity contribution >= 4 is 0 Å². The van der Waals surface area contributed by atoms with Crippen LogP contribution in [0.1, 0.15) is 5.56 Å². The molecule has 0 aliphatic rings. The average molecular weight is 268 g/mol. The largest absolute Gasteiger partial charge is 0.392 e. The van der Waals surface area contributed by atoms with Crippen molar-refractivity contribution in [3.05, 3.63) is 65.0 Å². The van der Waals surface area contributed by atoms with E-state index < -0.39 is 0 Å². The molecule has 20 heavy (non-hydrogen) atoms. The predicted octanol–water partition coefficient (Wildman–Crippen LogP) is 1.11. The van der Waals surface area contributed by atoms with E-state index in [1.54, 1.807) is 43.0 Å². The summed E-state index contributed by atoms with van der Waals surface area (Å²) < 4.78 is 1.33. The molecule has 3 aromatic rings. The van der Waals surface area contributed by atoms with E-state index in [0.29, 0.717) is 16.9 Å². The van der Waals surface area contributed by atoms with Crippen molar-refractivity contribution in [2.45, 2.75) is 6.61 Å². The molecule has 0 aliphatic carbocycles. The van der Waals surface area contributed by atoms with E-state index in [1.807, 2.05) is 6.07 Å². The molecule has 0 unspecified atom stereocenters. The normalized spacial score (nSPS) is 10.7. The second kappa shape index (κ2) is 5.10. The molecule has 0 atom stereocenters. The lowest BCUT2D eigenvalue weighted by atomic mass is 10.2. The molecule has 0 amide bonds. The molecule has 3 aromatic heterocycles. The first-order valence-electron chi connectivity index (χ1n) is 6.06. The third kappa shape index (κ3) is 2.12. The Morgan fingerprint density at radius 2 is 2.20 bits per heavy atom. The van der Waals surface area contributed by atoms with Crippen LogP contribution in [0.2, 0.25) is 0 Å². The van der Waals surface area contributed by atoms with Crippen LogP contribution >= 0.6 is 0 Å². The zero-order valence-corrected chi connectivity index (χ0v) is 10.5. The lowest BCUT2D eigenvalue weighted by Crippen LogP contribution is -2.17. The SMILES string of the molecule is O=c1c(-c2cccnc2)c[nH]n1-c1cc(CO)ccn1. The summed E-state index contributed by atoms with van der Waals surface area (Å²) in [5, 5.41) is 12.0. The van der Waals surface area contributed by atoms with Crippen LogP contribution in [0, 0.1) is 0 Å². The number of hydrogen-bond donors (Lipinski definition) is 2. The van der Waals surface area contributed by atoms with Gasteiger partial charge in [0.05, 0.1) is 12.2 Å². The number of aromatic nitrogens is 4. The van der Waals surface area contributed by atoms with Crippen molar-refractivity contribution < 1.29 is 5.11 Å². The summed E-state index contributed by atoms with van der Waals surface area (Å²) in [5.74, 6) is 0.441. The number of aliphatic hydroxyl groups is 1. The molecule has 100 valence electrons. The Bertz CT molecular complexity index is 777. The van der Waals surface area contributed by atoms with Gasteiger partial charge in [-0.05, 0) is 23.8 Å². The fraction of sp³-hybridized carbons (Fsp3) is 0.0714. The second-order valence-corrected chi connectivity index (χ2v) is 4.25. The molecule has 0 spiro atoms. The smallest absolute Gasteiger partial charge is 0.280 e. The van der Waals surface area contributed by atoms with Gasteiger partial charge < -0.3 is 5.11 Å². The summed E-state index contributed by atoms with van der Waals surface area (Å²) in [7, 11) is 0. The first-order valence-corrected chi connectivity index (χ1v) is 6.06. The maximum Gasteiger partial charge on any atom is 0.280 e. The molecule has 0 radical (unpaired) electrons. The van der Waals surface area contributed by atoms with Crippen LogP contribution in [0.5, 0.6) is 0 Å². The van der Waals surface area contributed by atoms with Gasteiger partial charge in [-0.3, -0.25) is 14.9 Å². The van der Waals surface area contributed by atoms with E-state index in [0.717, 1.165) is 5.56 Å². The number of rotatable bonds is 3. The van der Waals surface area contributed by atoms with Crippen LogP contribution in [0.15, 0.2) is 53.8 Å². The number of nitrogens with zero attached hydrogens (tertiary/aromatic N) is 3. The summed E-state index contributed by atoms with van der Waals surface area (Å²) in [6.45, 7) is -0.0968. The standard InChI is InChI=1S/C14H12N4O2/c19-9-10-3-5-16-13(6-10)18-14(20)12(8-17-18)11-2-1-4-15-7-11/h1-8,17,19H,9H2. The van der Waals surface area contributed by atoms with E-state index in [2.05, 4.69) is 15.1 Å². The van der Waals surface area contributed by atoms with Gasteiger partial charge in [0, 0.05) is 30.4 Å². The lowest BCUT2D eigenvalue weighted by Gasteiger charge is -2.02. The molecule has 0 bridgehead atoms. The van der Waals surface area contributed by atoms with Crippen molar-refractivity contribution in [3.63, 3.8) is 0 Å². The summed E-state index contributed by atoms with van der Waals surface area (Å²) >= 11 is 0. The molecule has 3 rings (SSSR count). The number of hydrogen-bond acceptors (Lipinski definition) is 4. The molecule has 2 N–H and O–H groups in total. The Morgan fingerprint density at radius 3 is 2.95 bits per heavy atom. The van der Waals surface area contributed by atoms with Crippen molar-refractivity contribution in [1.82, 2.24) is 19.7 Å². The zero-order chi connectivity index (χ0) is 13.9. The number of H-pyrrole nitrogens is 1. The highest BCUT2D eigenvalue weighted by molar-refractivity contribution is 5.60. The van der Waals surface area contributed by atoms with Crippen LogP contribution in [0.4, 0.5) is 0 Å². The molecule has 0 saturated heterocycles. The summed E-state index contributed by atoms with van der Waals surface area (Å²) in [4.78, 5) is 20.5. The number of aromatic amines is 1. The monoisotopic (exact) mass is 268 g/mol. The van der Waals surface area contributed by atoms with Gasteiger partial charge in [-0.1, -0.05) is 6.07 Å². The molecule has 0 saturated carbocycles. The predicted molar refractivity (Wildman–Crippen MR) is 73.3 cm³/mol. The quantitative estimate of drug-likeness (QED) is 0.745. The molecule has 0 aliphatic heterocycles. The summed E-state index contributed by atoms with van der Waals surface area (Å²) in [6, 6.07) is 6.95. The molecule has 0 fully saturated rings. The lowest BCUT2D eigenvalue weighted by molar-refractivity contribution is 0.281. The van der Waals surface area contributed by atoms with Gasteiger partial charge in [-0.2, -0.15) is 0 Å². The maximum atomic E-state index is 12.4. The third-order valence-corrected chi connectivity index (χ3v) is 2.97. The van der Waals surface area contributed by atoms with E-state index in [4.69, 9.17) is 5.11 Å². The van der Waals surface area contributed by atoms with Gasteiger partial charge in [0.25, 0.3) is 5.56 Å². The highest BCUT2D eigenvalue weighted by Crippen LogP contribution is 2.13. The fourth-order valence-electron chi connectivity index (χ4n) is 1.95. The minimum atomic E-state index is -0.208. The summed E-state index contributed by atoms with van der Waals surface area (Å²) in [5.41, 5.74) is 1.75. The highest BCUT2D eigenvalue weighted by atomic mass is 16.3. The number of aliphatic hydroxyl groups excluding tert-OH is 1. The Morgan fingerprint density at radius 1 is 1.30 bits per heavy atom. The van der Waals surface area contributed by atoms with Crippen molar-refractivity contribution in [3.8, 4) is 16.9 Å². The van der Waals surface area contributed by atoms with Gasteiger partial charge in [-0.15, -0.1) is 0 Å². The Hall–Kier alpha value is -2.73. The van der Waals surface area contributed by atoms with Gasteiger partial charge >= 0.3 is 0 Å². The summed E-state index contributed by atoms with van der Waals surface area (Å²) in [6.07, 6.45) is 6.46. The van der Waals surface area contributed by atoms with Crippen molar-refractivity contribution in [1.29, 1.82) is 0 Å². The van der Waals surface area contributed by atoms with E-state index in [9.17, 15) is 4.79 Å². The van der Waals surface area contributed by atoms with Crippen LogP contribution < -0.4 is 5.56 Å². The third-order valence-electron chi connectivity index (χ3n) is 2.97. The molecule has 6 nitrogen and oxygen atoms in total. The Labute approximate surface area is 114 Å². The van der Waals surface area contributed by atoms with Gasteiger partial charge in [0.15, 0.2) is 5.82 Å². The van der Waals surface area contributed by atoms with Gasteiger partial charge in [-0.25, -0.2) is 9.67 Å². The topological polar surface area (TPSA) is 83.8 Å². The van der Waals surface area contributed by atoms with Crippen LogP contribution in [0.25, 0.3) is 16.9 Å². The number of pyridine rings is 2. The second-order valence-electron chi connectivity index (χ2n) is 4.25. The first-order chi connectivity index (χ1) is 9.79. The Kier molecular flexibility index (Phi) is 3.14. The Balaban J connectivity index is 2.09. The molecular weight excluding hydrogens is 256 g/mol. The van der Waals surface area contributed by atoms with Crippen LogP contribution in [-0.2, 0) is 6.61 Å². The van der Waals surface area contributed by atoms with E-state index in [1.165, 1.54) is 4.68 Å². The van der Waals surface area contributed by atoms with Crippen molar-refractivity contribution in [2.75, 3.05) is 0 Å². The maximum absolute atomic E-state index is 12.4. The molecule has 6 heteroatoms. The van der Waals surface area contributed by atoms with Crippen LogP contribution in [0.3, 0.4) is 0 Å². The zero-order valence-electron chi connectivity index (χ0n) is 10.5. The molecular formula is C14H12N4O2. The van der Waals surface area contributed by atoms with Crippen LogP contribution in [-0.4, -0.2) is 24.9 Å². The highest BCUT2D eigenvalue weighted by Gasteiger charge is 2.10. The molecule has 3 heterocycles. The minimum absolute atomic E-state index is 0.0968. The van der Waals surface area contributed by atoms with Gasteiger partial charge in [0.2, 0.25) is 0 Å².